The molecular weight excluding hydrogens is 298 g/mol. The number of hydrogen-bond acceptors (Lipinski definition) is 3. The highest BCUT2D eigenvalue weighted by molar-refractivity contribution is 4.81. The predicted molar refractivity (Wildman–Crippen MR) is 105 cm³/mol. The van der Waals surface area contributed by atoms with Crippen LogP contribution >= 0.6 is 0 Å². The van der Waals surface area contributed by atoms with E-state index in [9.17, 15) is 0 Å². The summed E-state index contributed by atoms with van der Waals surface area (Å²) in [5.41, 5.74) is 0. The van der Waals surface area contributed by atoms with Crippen molar-refractivity contribution in [2.45, 2.75) is 110 Å². The second-order valence-corrected chi connectivity index (χ2v) is 6.98. The van der Waals surface area contributed by atoms with Gasteiger partial charge in [-0.3, -0.25) is 0 Å². The van der Waals surface area contributed by atoms with E-state index >= 15 is 0 Å². The van der Waals surface area contributed by atoms with Crippen molar-refractivity contribution < 1.29 is 10.2 Å². The maximum Gasteiger partial charge on any atom is 0.164 e. The number of unbranched alkanes of at least 4 members (excludes halogenated alkanes) is 13. The summed E-state index contributed by atoms with van der Waals surface area (Å²) in [6.07, 6.45) is 23.5. The van der Waals surface area contributed by atoms with E-state index in [1.165, 1.54) is 89.9 Å². The van der Waals surface area contributed by atoms with Gasteiger partial charge < -0.3 is 15.5 Å². The maximum atomic E-state index is 8.68. The van der Waals surface area contributed by atoms with Crippen LogP contribution in [-0.4, -0.2) is 29.6 Å². The summed E-state index contributed by atoms with van der Waals surface area (Å²) in [5, 5.41) is 20.4. The van der Waals surface area contributed by atoms with Crippen LogP contribution < -0.4 is 5.32 Å². The molecule has 0 aromatic heterocycles. The Morgan fingerprint density at radius 1 is 0.667 bits per heavy atom. The van der Waals surface area contributed by atoms with Gasteiger partial charge in [-0.25, -0.2) is 0 Å². The first-order valence-corrected chi connectivity index (χ1v) is 10.5. The van der Waals surface area contributed by atoms with E-state index in [4.69, 9.17) is 10.2 Å². The zero-order chi connectivity index (χ0) is 17.7. The summed E-state index contributed by atoms with van der Waals surface area (Å²) in [6, 6.07) is 0. The average Bonchev–Trinajstić information content (AvgIpc) is 2.56. The van der Waals surface area contributed by atoms with Crippen molar-refractivity contribution >= 4 is 0 Å². The van der Waals surface area contributed by atoms with E-state index in [2.05, 4.69) is 24.4 Å². The number of aliphatic hydroxyl groups excluding tert-OH is 1. The van der Waals surface area contributed by atoms with Crippen molar-refractivity contribution in [3.8, 4) is 0 Å². The number of allylic oxidation sites excluding steroid dienone is 2. The van der Waals surface area contributed by atoms with Gasteiger partial charge in [-0.05, 0) is 38.6 Å². The molecule has 0 spiro atoms. The molecule has 0 bridgehead atoms. The van der Waals surface area contributed by atoms with Crippen LogP contribution in [0.15, 0.2) is 12.2 Å². The lowest BCUT2D eigenvalue weighted by Gasteiger charge is -2.05. The number of hydrogen-bond donors (Lipinski definition) is 3. The van der Waals surface area contributed by atoms with Gasteiger partial charge in [0.2, 0.25) is 0 Å². The van der Waals surface area contributed by atoms with Crippen molar-refractivity contribution in [3.05, 3.63) is 12.2 Å². The third-order valence-electron chi connectivity index (χ3n) is 4.44. The molecule has 0 unspecified atom stereocenters. The van der Waals surface area contributed by atoms with Crippen molar-refractivity contribution in [1.82, 2.24) is 5.32 Å². The molecule has 0 atom stereocenters. The average molecular weight is 342 g/mol. The highest BCUT2D eigenvalue weighted by atomic mass is 16.5. The Balaban J connectivity index is 3.05. The van der Waals surface area contributed by atoms with E-state index < -0.39 is 6.29 Å². The SMILES string of the molecule is CCCCCCCC/C=C\CCCCCCCCCNCC(O)O. The van der Waals surface area contributed by atoms with Gasteiger partial charge in [-0.15, -0.1) is 0 Å². The number of aliphatic hydroxyl groups is 2. The van der Waals surface area contributed by atoms with Gasteiger partial charge >= 0.3 is 0 Å². The van der Waals surface area contributed by atoms with Crippen LogP contribution in [-0.2, 0) is 0 Å². The molecule has 3 nitrogen and oxygen atoms in total. The highest BCUT2D eigenvalue weighted by Gasteiger charge is 1.95. The first kappa shape index (κ1) is 23.6. The largest absolute Gasteiger partial charge is 0.367 e. The third-order valence-corrected chi connectivity index (χ3v) is 4.44. The zero-order valence-electron chi connectivity index (χ0n) is 16.1. The summed E-state index contributed by atoms with van der Waals surface area (Å²) in [4.78, 5) is 0. The van der Waals surface area contributed by atoms with E-state index in [0.29, 0.717) is 0 Å². The van der Waals surface area contributed by atoms with Crippen molar-refractivity contribution in [1.29, 1.82) is 0 Å². The van der Waals surface area contributed by atoms with Gasteiger partial charge in [-0.1, -0.05) is 83.3 Å². The van der Waals surface area contributed by atoms with Gasteiger partial charge in [0.1, 0.15) is 0 Å². The Morgan fingerprint density at radius 2 is 1.12 bits per heavy atom. The van der Waals surface area contributed by atoms with Crippen LogP contribution in [0.4, 0.5) is 0 Å². The summed E-state index contributed by atoms with van der Waals surface area (Å²) in [6.45, 7) is 3.45. The van der Waals surface area contributed by atoms with Gasteiger partial charge in [0, 0.05) is 6.54 Å². The van der Waals surface area contributed by atoms with Crippen LogP contribution in [0.2, 0.25) is 0 Å². The lowest BCUT2D eigenvalue weighted by molar-refractivity contribution is -0.0370. The molecule has 0 aromatic carbocycles. The lowest BCUT2D eigenvalue weighted by Crippen LogP contribution is -2.26. The number of rotatable bonds is 19. The molecular formula is C21H43NO2. The monoisotopic (exact) mass is 341 g/mol. The van der Waals surface area contributed by atoms with Gasteiger partial charge in [-0.2, -0.15) is 0 Å². The molecule has 3 heteroatoms. The molecule has 0 saturated heterocycles. The third kappa shape index (κ3) is 21.6. The molecule has 0 aliphatic heterocycles. The molecule has 0 aromatic rings. The highest BCUT2D eigenvalue weighted by Crippen LogP contribution is 2.10. The summed E-state index contributed by atoms with van der Waals surface area (Å²) in [5.74, 6) is 0. The Bertz CT molecular complexity index is 254. The van der Waals surface area contributed by atoms with Crippen LogP contribution in [0, 0.1) is 0 Å². The molecule has 0 aliphatic carbocycles. The first-order valence-electron chi connectivity index (χ1n) is 10.5. The zero-order valence-corrected chi connectivity index (χ0v) is 16.1. The van der Waals surface area contributed by atoms with E-state index in [0.717, 1.165) is 13.0 Å². The Labute approximate surface area is 150 Å². The van der Waals surface area contributed by atoms with E-state index in [1.54, 1.807) is 0 Å². The van der Waals surface area contributed by atoms with E-state index in [-0.39, 0.29) is 6.54 Å². The minimum absolute atomic E-state index is 0.284. The molecule has 0 aliphatic rings. The fourth-order valence-electron chi connectivity index (χ4n) is 2.91. The van der Waals surface area contributed by atoms with E-state index in [1.807, 2.05) is 0 Å². The molecule has 0 radical (unpaired) electrons. The Morgan fingerprint density at radius 3 is 1.62 bits per heavy atom. The minimum Gasteiger partial charge on any atom is -0.367 e. The Kier molecular flexibility index (Phi) is 20.3. The summed E-state index contributed by atoms with van der Waals surface area (Å²) in [7, 11) is 0. The quantitative estimate of drug-likeness (QED) is 0.169. The number of nitrogens with one attached hydrogen (secondary N) is 1. The molecule has 24 heavy (non-hydrogen) atoms. The minimum atomic E-state index is -1.22. The van der Waals surface area contributed by atoms with Crippen molar-refractivity contribution in [2.24, 2.45) is 0 Å². The smallest absolute Gasteiger partial charge is 0.164 e. The van der Waals surface area contributed by atoms with Crippen LogP contribution in [0.3, 0.4) is 0 Å². The van der Waals surface area contributed by atoms with Crippen LogP contribution in [0.1, 0.15) is 103 Å². The second kappa shape index (κ2) is 20.7. The normalized spacial score (nSPS) is 11.8. The van der Waals surface area contributed by atoms with Crippen LogP contribution in [0.25, 0.3) is 0 Å². The van der Waals surface area contributed by atoms with Crippen molar-refractivity contribution in [3.63, 3.8) is 0 Å². The molecule has 0 heterocycles. The Hall–Kier alpha value is -0.380. The lowest BCUT2D eigenvalue weighted by atomic mass is 10.1. The summed E-state index contributed by atoms with van der Waals surface area (Å²) >= 11 is 0. The fraction of sp³-hybridized carbons (Fsp3) is 0.905. The molecule has 0 amide bonds. The standard InChI is InChI=1S/C21H43NO2/c1-2-3-4-5-6-7-8-9-10-11-12-13-14-15-16-17-18-19-22-20-21(23)24/h9-10,21-24H,2-8,11-20H2,1H3/b10-9-. The van der Waals surface area contributed by atoms with Crippen molar-refractivity contribution in [2.75, 3.05) is 13.1 Å². The molecule has 0 saturated carbocycles. The maximum absolute atomic E-state index is 8.68. The van der Waals surface area contributed by atoms with Gasteiger partial charge in [0.25, 0.3) is 0 Å². The molecule has 0 fully saturated rings. The molecule has 3 N–H and O–H groups in total. The predicted octanol–water partition coefficient (Wildman–Crippen LogP) is 5.31. The van der Waals surface area contributed by atoms with Crippen LogP contribution in [0.5, 0.6) is 0 Å². The van der Waals surface area contributed by atoms with Gasteiger partial charge in [0.15, 0.2) is 6.29 Å². The topological polar surface area (TPSA) is 52.5 Å². The molecule has 0 rings (SSSR count). The summed E-state index contributed by atoms with van der Waals surface area (Å²) < 4.78 is 0. The molecule has 144 valence electrons. The van der Waals surface area contributed by atoms with Gasteiger partial charge in [0.05, 0.1) is 0 Å². The second-order valence-electron chi connectivity index (χ2n) is 6.98. The fourth-order valence-corrected chi connectivity index (χ4v) is 2.91. The first-order chi connectivity index (χ1) is 11.8.